The Morgan fingerprint density at radius 3 is 2.77 bits per heavy atom. The Bertz CT molecular complexity index is 1050. The third kappa shape index (κ3) is 5.33. The predicted molar refractivity (Wildman–Crippen MR) is 120 cm³/mol. The van der Waals surface area contributed by atoms with E-state index in [0.717, 1.165) is 28.9 Å². The molecule has 158 valence electrons. The first-order valence-electron chi connectivity index (χ1n) is 9.46. The van der Waals surface area contributed by atoms with Crippen LogP contribution in [0, 0.1) is 12.7 Å². The number of anilines is 1. The third-order valence-corrected chi connectivity index (χ3v) is 5.14. The molecule has 0 fully saturated rings. The van der Waals surface area contributed by atoms with E-state index < -0.39 is 11.8 Å². The molecule has 0 atom stereocenters. The van der Waals surface area contributed by atoms with E-state index in [9.17, 15) is 9.18 Å². The number of rotatable bonds is 8. The minimum atomic E-state index is -0.581. The van der Waals surface area contributed by atoms with Crippen molar-refractivity contribution in [3.63, 3.8) is 0 Å². The van der Waals surface area contributed by atoms with Crippen molar-refractivity contribution >= 4 is 34.4 Å². The Kier molecular flexibility index (Phi) is 7.35. The van der Waals surface area contributed by atoms with Crippen LogP contribution in [0.5, 0.6) is 17.2 Å². The second kappa shape index (κ2) is 10.2. The SMILES string of the molecule is COc1cc2nccc(Oc3ccc(NC(=O)NCCCSC)c(F)c3)c2cc1C. The van der Waals surface area contributed by atoms with Gasteiger partial charge in [-0.25, -0.2) is 9.18 Å². The highest BCUT2D eigenvalue weighted by molar-refractivity contribution is 7.98. The molecule has 0 radical (unpaired) electrons. The van der Waals surface area contributed by atoms with Crippen molar-refractivity contribution < 1.29 is 18.7 Å². The van der Waals surface area contributed by atoms with Gasteiger partial charge in [0.25, 0.3) is 0 Å². The molecule has 0 unspecified atom stereocenters. The smallest absolute Gasteiger partial charge is 0.319 e. The zero-order valence-electron chi connectivity index (χ0n) is 17.1. The molecule has 0 bridgehead atoms. The maximum atomic E-state index is 14.5. The van der Waals surface area contributed by atoms with E-state index in [1.54, 1.807) is 37.2 Å². The largest absolute Gasteiger partial charge is 0.496 e. The Labute approximate surface area is 179 Å². The van der Waals surface area contributed by atoms with Crippen LogP contribution in [0.3, 0.4) is 0 Å². The molecule has 8 heteroatoms. The van der Waals surface area contributed by atoms with Gasteiger partial charge in [-0.2, -0.15) is 11.8 Å². The molecule has 0 aliphatic heterocycles. The van der Waals surface area contributed by atoms with E-state index in [0.29, 0.717) is 23.6 Å². The summed E-state index contributed by atoms with van der Waals surface area (Å²) in [6.45, 7) is 2.47. The first-order chi connectivity index (χ1) is 14.5. The number of pyridine rings is 1. The molecule has 1 heterocycles. The molecule has 30 heavy (non-hydrogen) atoms. The number of aryl methyl sites for hydroxylation is 1. The number of thioether (sulfide) groups is 1. The second-order valence-electron chi connectivity index (χ2n) is 6.62. The Hall–Kier alpha value is -3.00. The van der Waals surface area contributed by atoms with Gasteiger partial charge in [0.05, 0.1) is 18.3 Å². The van der Waals surface area contributed by atoms with Crippen LogP contribution in [0.2, 0.25) is 0 Å². The molecule has 3 aromatic rings. The number of aromatic nitrogens is 1. The van der Waals surface area contributed by atoms with Gasteiger partial charge >= 0.3 is 6.03 Å². The number of carbonyl (C=O) groups is 1. The van der Waals surface area contributed by atoms with Gasteiger partial charge in [-0.05, 0) is 55.2 Å². The molecule has 2 N–H and O–H groups in total. The van der Waals surface area contributed by atoms with Gasteiger partial charge < -0.3 is 20.1 Å². The number of amides is 2. The number of benzene rings is 2. The summed E-state index contributed by atoms with van der Waals surface area (Å²) in [5, 5.41) is 6.01. The van der Waals surface area contributed by atoms with E-state index in [2.05, 4.69) is 15.6 Å². The lowest BCUT2D eigenvalue weighted by Gasteiger charge is -2.12. The van der Waals surface area contributed by atoms with Crippen LogP contribution in [0.25, 0.3) is 10.9 Å². The summed E-state index contributed by atoms with van der Waals surface area (Å²) < 4.78 is 25.7. The first kappa shape index (κ1) is 21.7. The number of methoxy groups -OCH3 is 1. The van der Waals surface area contributed by atoms with Gasteiger partial charge in [0.15, 0.2) is 0 Å². The molecule has 1 aromatic heterocycles. The summed E-state index contributed by atoms with van der Waals surface area (Å²) in [5.74, 6) is 1.98. The molecule has 0 saturated carbocycles. The van der Waals surface area contributed by atoms with Crippen molar-refractivity contribution in [3.8, 4) is 17.2 Å². The Balaban J connectivity index is 1.73. The number of urea groups is 1. The number of fused-ring (bicyclic) bond motifs is 1. The Morgan fingerprint density at radius 1 is 1.20 bits per heavy atom. The number of nitrogens with one attached hydrogen (secondary N) is 2. The van der Waals surface area contributed by atoms with Crippen LogP contribution in [0.1, 0.15) is 12.0 Å². The zero-order chi connectivity index (χ0) is 21.5. The van der Waals surface area contributed by atoms with Gasteiger partial charge in [-0.1, -0.05) is 0 Å². The summed E-state index contributed by atoms with van der Waals surface area (Å²) in [5.41, 5.74) is 1.74. The second-order valence-corrected chi connectivity index (χ2v) is 7.60. The topological polar surface area (TPSA) is 72.5 Å². The number of hydrogen-bond acceptors (Lipinski definition) is 5. The van der Waals surface area contributed by atoms with Crippen molar-refractivity contribution in [2.45, 2.75) is 13.3 Å². The van der Waals surface area contributed by atoms with Gasteiger partial charge in [-0.15, -0.1) is 0 Å². The van der Waals surface area contributed by atoms with Crippen molar-refractivity contribution in [2.75, 3.05) is 31.0 Å². The van der Waals surface area contributed by atoms with Crippen LogP contribution in [0.15, 0.2) is 42.6 Å². The summed E-state index contributed by atoms with van der Waals surface area (Å²) in [6.07, 6.45) is 4.49. The minimum Gasteiger partial charge on any atom is -0.496 e. The fraction of sp³-hybridized carbons (Fsp3) is 0.273. The number of halogens is 1. The number of carbonyl (C=O) groups excluding carboxylic acids is 1. The molecular weight excluding hydrogens is 405 g/mol. The Morgan fingerprint density at radius 2 is 2.03 bits per heavy atom. The van der Waals surface area contributed by atoms with Crippen molar-refractivity contribution in [2.24, 2.45) is 0 Å². The first-order valence-corrected chi connectivity index (χ1v) is 10.9. The quantitative estimate of drug-likeness (QED) is 0.472. The molecule has 0 aliphatic rings. The standard InChI is InChI=1S/C22H24FN3O3S/c1-14-11-16-19(13-21(14)28-2)24-9-7-20(16)29-15-5-6-18(17(23)12-15)26-22(27)25-8-4-10-30-3/h5-7,9,11-13H,4,8,10H2,1-3H3,(H2,25,26,27). The minimum absolute atomic E-state index is 0.0879. The van der Waals surface area contributed by atoms with Gasteiger partial charge in [0.2, 0.25) is 0 Å². The molecule has 6 nitrogen and oxygen atoms in total. The highest BCUT2D eigenvalue weighted by Crippen LogP contribution is 2.33. The van der Waals surface area contributed by atoms with Crippen molar-refractivity contribution in [1.82, 2.24) is 10.3 Å². The van der Waals surface area contributed by atoms with Crippen molar-refractivity contribution in [3.05, 3.63) is 54.0 Å². The number of ether oxygens (including phenoxy) is 2. The molecule has 0 aliphatic carbocycles. The molecular formula is C22H24FN3O3S. The van der Waals surface area contributed by atoms with E-state index in [1.807, 2.05) is 25.3 Å². The molecule has 2 amide bonds. The maximum absolute atomic E-state index is 14.5. The number of hydrogen-bond donors (Lipinski definition) is 2. The van der Waals surface area contributed by atoms with E-state index >= 15 is 0 Å². The molecule has 0 spiro atoms. The highest BCUT2D eigenvalue weighted by atomic mass is 32.2. The summed E-state index contributed by atoms with van der Waals surface area (Å²) in [7, 11) is 1.61. The van der Waals surface area contributed by atoms with Crippen LogP contribution < -0.4 is 20.1 Å². The van der Waals surface area contributed by atoms with Crippen LogP contribution >= 0.6 is 11.8 Å². The lowest BCUT2D eigenvalue weighted by Crippen LogP contribution is -2.30. The normalized spacial score (nSPS) is 10.7. The highest BCUT2D eigenvalue weighted by Gasteiger charge is 2.11. The third-order valence-electron chi connectivity index (χ3n) is 4.45. The summed E-state index contributed by atoms with van der Waals surface area (Å²) >= 11 is 1.71. The van der Waals surface area contributed by atoms with Gasteiger partial charge in [0.1, 0.15) is 23.1 Å². The van der Waals surface area contributed by atoms with Gasteiger partial charge in [0, 0.05) is 30.3 Å². The van der Waals surface area contributed by atoms with Crippen LogP contribution in [0.4, 0.5) is 14.9 Å². The lowest BCUT2D eigenvalue weighted by molar-refractivity contribution is 0.252. The monoisotopic (exact) mass is 429 g/mol. The predicted octanol–water partition coefficient (Wildman–Crippen LogP) is 5.36. The fourth-order valence-corrected chi connectivity index (χ4v) is 3.37. The van der Waals surface area contributed by atoms with Crippen molar-refractivity contribution in [1.29, 1.82) is 0 Å². The average Bonchev–Trinajstić information content (AvgIpc) is 2.73. The fourth-order valence-electron chi connectivity index (χ4n) is 2.94. The van der Waals surface area contributed by atoms with E-state index in [1.165, 1.54) is 12.1 Å². The average molecular weight is 430 g/mol. The van der Waals surface area contributed by atoms with Crippen LogP contribution in [-0.4, -0.2) is 36.7 Å². The van der Waals surface area contributed by atoms with E-state index in [4.69, 9.17) is 9.47 Å². The summed E-state index contributed by atoms with van der Waals surface area (Å²) in [6, 6.07) is 9.37. The molecule has 0 saturated heterocycles. The van der Waals surface area contributed by atoms with Gasteiger partial charge in [-0.3, -0.25) is 4.98 Å². The maximum Gasteiger partial charge on any atom is 0.319 e. The van der Waals surface area contributed by atoms with Crippen LogP contribution in [-0.2, 0) is 0 Å². The zero-order valence-corrected chi connectivity index (χ0v) is 17.9. The summed E-state index contributed by atoms with van der Waals surface area (Å²) in [4.78, 5) is 16.2. The number of nitrogens with zero attached hydrogens (tertiary/aromatic N) is 1. The molecule has 2 aromatic carbocycles. The van der Waals surface area contributed by atoms with E-state index in [-0.39, 0.29) is 5.69 Å². The molecule has 3 rings (SSSR count). The lowest BCUT2D eigenvalue weighted by atomic mass is 10.1.